The lowest BCUT2D eigenvalue weighted by Gasteiger charge is -2.22. The summed E-state index contributed by atoms with van der Waals surface area (Å²) in [7, 11) is 0. The van der Waals surface area contributed by atoms with E-state index in [9.17, 15) is 5.11 Å². The Morgan fingerprint density at radius 3 is 2.73 bits per heavy atom. The van der Waals surface area contributed by atoms with E-state index in [4.69, 9.17) is 9.47 Å². The normalized spacial score (nSPS) is 17.6. The fourth-order valence-electron chi connectivity index (χ4n) is 1.70. The molecule has 3 heteroatoms. The number of hydrogen-bond donors (Lipinski definition) is 1. The third-order valence-electron chi connectivity index (χ3n) is 2.68. The summed E-state index contributed by atoms with van der Waals surface area (Å²) in [4.78, 5) is 0. The Bertz CT molecular complexity index is 305. The van der Waals surface area contributed by atoms with E-state index in [1.165, 1.54) is 0 Å². The van der Waals surface area contributed by atoms with Crippen LogP contribution < -0.4 is 4.74 Å². The molecule has 82 valence electrons. The van der Waals surface area contributed by atoms with Gasteiger partial charge < -0.3 is 14.6 Å². The monoisotopic (exact) mass is 208 g/mol. The number of ether oxygens (including phenoxy) is 2. The molecule has 3 nitrogen and oxygen atoms in total. The summed E-state index contributed by atoms with van der Waals surface area (Å²) in [5.74, 6) is 1.34. The third kappa shape index (κ3) is 2.86. The van der Waals surface area contributed by atoms with E-state index in [2.05, 4.69) is 0 Å². The number of aromatic hydroxyl groups is 1. The van der Waals surface area contributed by atoms with Crippen molar-refractivity contribution in [3.63, 3.8) is 0 Å². The molecule has 1 aromatic rings. The van der Waals surface area contributed by atoms with Crippen molar-refractivity contribution in [1.29, 1.82) is 0 Å². The molecular weight excluding hydrogens is 192 g/mol. The summed E-state index contributed by atoms with van der Waals surface area (Å²) in [6.45, 7) is 2.32. The molecule has 0 bridgehead atoms. The second-order valence-electron chi connectivity index (χ2n) is 3.83. The summed E-state index contributed by atoms with van der Waals surface area (Å²) >= 11 is 0. The highest BCUT2D eigenvalue weighted by atomic mass is 16.5. The van der Waals surface area contributed by atoms with Gasteiger partial charge in [0.15, 0.2) is 11.5 Å². The molecule has 1 aromatic carbocycles. The summed E-state index contributed by atoms with van der Waals surface area (Å²) in [5.41, 5.74) is 0. The lowest BCUT2D eigenvalue weighted by molar-refractivity contribution is 0.0494. The first kappa shape index (κ1) is 10.3. The van der Waals surface area contributed by atoms with Crippen molar-refractivity contribution < 1.29 is 14.6 Å². The summed E-state index contributed by atoms with van der Waals surface area (Å²) < 4.78 is 10.8. The highest BCUT2D eigenvalue weighted by molar-refractivity contribution is 5.37. The molecule has 1 aliphatic rings. The fourth-order valence-corrected chi connectivity index (χ4v) is 1.70. The zero-order chi connectivity index (χ0) is 10.5. The minimum atomic E-state index is 0.213. The average Bonchev–Trinajstić information content (AvgIpc) is 2.29. The van der Waals surface area contributed by atoms with E-state index in [0.717, 1.165) is 26.1 Å². The van der Waals surface area contributed by atoms with E-state index in [-0.39, 0.29) is 5.75 Å². The van der Waals surface area contributed by atoms with Crippen LogP contribution in [0.5, 0.6) is 11.5 Å². The first-order chi connectivity index (χ1) is 7.36. The number of rotatable bonds is 3. The van der Waals surface area contributed by atoms with E-state index < -0.39 is 0 Å². The van der Waals surface area contributed by atoms with Crippen LogP contribution in [0.25, 0.3) is 0 Å². The predicted octanol–water partition coefficient (Wildman–Crippen LogP) is 2.20. The Balaban J connectivity index is 1.84. The van der Waals surface area contributed by atoms with Crippen LogP contribution in [0, 0.1) is 5.92 Å². The molecule has 0 amide bonds. The predicted molar refractivity (Wildman–Crippen MR) is 57.1 cm³/mol. The van der Waals surface area contributed by atoms with Crippen LogP contribution in [0.2, 0.25) is 0 Å². The van der Waals surface area contributed by atoms with Crippen molar-refractivity contribution in [2.45, 2.75) is 12.8 Å². The van der Waals surface area contributed by atoms with Crippen molar-refractivity contribution in [3.8, 4) is 11.5 Å². The van der Waals surface area contributed by atoms with Gasteiger partial charge in [0.05, 0.1) is 6.61 Å². The van der Waals surface area contributed by atoms with Crippen molar-refractivity contribution in [1.82, 2.24) is 0 Å². The van der Waals surface area contributed by atoms with Crippen molar-refractivity contribution >= 4 is 0 Å². The zero-order valence-corrected chi connectivity index (χ0v) is 8.69. The third-order valence-corrected chi connectivity index (χ3v) is 2.68. The van der Waals surface area contributed by atoms with Gasteiger partial charge in [0, 0.05) is 13.2 Å². The highest BCUT2D eigenvalue weighted by Gasteiger charge is 2.14. The Morgan fingerprint density at radius 1 is 1.27 bits per heavy atom. The summed E-state index contributed by atoms with van der Waals surface area (Å²) in [5, 5.41) is 9.49. The van der Waals surface area contributed by atoms with Gasteiger partial charge in [0.1, 0.15) is 0 Å². The maximum atomic E-state index is 9.49. The van der Waals surface area contributed by atoms with E-state index in [1.807, 2.05) is 6.07 Å². The van der Waals surface area contributed by atoms with Crippen LogP contribution >= 0.6 is 0 Å². The Kier molecular flexibility index (Phi) is 3.45. The maximum Gasteiger partial charge on any atom is 0.160 e. The smallest absolute Gasteiger partial charge is 0.160 e. The second-order valence-corrected chi connectivity index (χ2v) is 3.83. The van der Waals surface area contributed by atoms with Crippen LogP contribution in [0.3, 0.4) is 0 Å². The largest absolute Gasteiger partial charge is 0.504 e. The lowest BCUT2D eigenvalue weighted by atomic mass is 10.0. The molecule has 0 spiro atoms. The molecule has 1 heterocycles. The van der Waals surface area contributed by atoms with Gasteiger partial charge in [-0.3, -0.25) is 0 Å². The first-order valence-corrected chi connectivity index (χ1v) is 5.35. The molecule has 0 unspecified atom stereocenters. The van der Waals surface area contributed by atoms with Gasteiger partial charge in [-0.05, 0) is 30.9 Å². The quantitative estimate of drug-likeness (QED) is 0.827. The number of para-hydroxylation sites is 2. The van der Waals surface area contributed by atoms with Gasteiger partial charge in [0.25, 0.3) is 0 Å². The molecule has 1 aliphatic heterocycles. The lowest BCUT2D eigenvalue weighted by Crippen LogP contribution is -2.21. The van der Waals surface area contributed by atoms with E-state index in [0.29, 0.717) is 18.3 Å². The van der Waals surface area contributed by atoms with Crippen LogP contribution in [0.15, 0.2) is 24.3 Å². The standard InChI is InChI=1S/C12H16O3/c13-11-3-1-2-4-12(11)15-9-10-5-7-14-8-6-10/h1-4,10,13H,5-9H2. The Labute approximate surface area is 89.6 Å². The van der Waals surface area contributed by atoms with Gasteiger partial charge in [0.2, 0.25) is 0 Å². The highest BCUT2D eigenvalue weighted by Crippen LogP contribution is 2.26. The summed E-state index contributed by atoms with van der Waals surface area (Å²) in [6.07, 6.45) is 2.10. The maximum absolute atomic E-state index is 9.49. The fraction of sp³-hybridized carbons (Fsp3) is 0.500. The Morgan fingerprint density at radius 2 is 2.00 bits per heavy atom. The molecule has 15 heavy (non-hydrogen) atoms. The molecule has 1 saturated heterocycles. The van der Waals surface area contributed by atoms with Crippen LogP contribution in [-0.2, 0) is 4.74 Å². The number of phenolic OH excluding ortho intramolecular Hbond substituents is 1. The van der Waals surface area contributed by atoms with Gasteiger partial charge in [-0.25, -0.2) is 0 Å². The van der Waals surface area contributed by atoms with Gasteiger partial charge in [-0.15, -0.1) is 0 Å². The van der Waals surface area contributed by atoms with Gasteiger partial charge in [-0.2, -0.15) is 0 Å². The molecule has 1 N–H and O–H groups in total. The number of hydrogen-bond acceptors (Lipinski definition) is 3. The summed E-state index contributed by atoms with van der Waals surface area (Å²) in [6, 6.07) is 7.07. The Hall–Kier alpha value is -1.22. The molecule has 0 radical (unpaired) electrons. The molecule has 0 aromatic heterocycles. The first-order valence-electron chi connectivity index (χ1n) is 5.35. The average molecular weight is 208 g/mol. The topological polar surface area (TPSA) is 38.7 Å². The number of phenols is 1. The van der Waals surface area contributed by atoms with Crippen LogP contribution in [0.4, 0.5) is 0 Å². The van der Waals surface area contributed by atoms with Crippen molar-refractivity contribution in [2.24, 2.45) is 5.92 Å². The van der Waals surface area contributed by atoms with Crippen molar-refractivity contribution in [3.05, 3.63) is 24.3 Å². The minimum Gasteiger partial charge on any atom is -0.504 e. The molecule has 2 rings (SSSR count). The zero-order valence-electron chi connectivity index (χ0n) is 8.69. The van der Waals surface area contributed by atoms with Crippen LogP contribution in [0.1, 0.15) is 12.8 Å². The number of benzene rings is 1. The molecule has 0 saturated carbocycles. The van der Waals surface area contributed by atoms with Gasteiger partial charge >= 0.3 is 0 Å². The molecule has 0 aliphatic carbocycles. The minimum absolute atomic E-state index is 0.213. The van der Waals surface area contributed by atoms with Gasteiger partial charge in [-0.1, -0.05) is 12.1 Å². The molecular formula is C12H16O3. The van der Waals surface area contributed by atoms with Crippen molar-refractivity contribution in [2.75, 3.05) is 19.8 Å². The van der Waals surface area contributed by atoms with E-state index >= 15 is 0 Å². The second kappa shape index (κ2) is 5.03. The molecule has 0 atom stereocenters. The van der Waals surface area contributed by atoms with Crippen LogP contribution in [-0.4, -0.2) is 24.9 Å². The van der Waals surface area contributed by atoms with E-state index in [1.54, 1.807) is 18.2 Å². The molecule has 1 fully saturated rings. The SMILES string of the molecule is Oc1ccccc1OCC1CCOCC1.